The third kappa shape index (κ3) is 4.81. The number of benzene rings is 1. The van der Waals surface area contributed by atoms with E-state index in [1.54, 1.807) is 25.2 Å². The van der Waals surface area contributed by atoms with E-state index in [9.17, 15) is 16.8 Å². The molecular formula is C11H18N2O4S2. The van der Waals surface area contributed by atoms with Crippen molar-refractivity contribution in [3.8, 4) is 0 Å². The third-order valence-electron chi connectivity index (χ3n) is 2.35. The van der Waals surface area contributed by atoms with Crippen LogP contribution in [0.15, 0.2) is 29.2 Å². The Morgan fingerprint density at radius 1 is 1.16 bits per heavy atom. The van der Waals surface area contributed by atoms with E-state index in [0.717, 1.165) is 6.26 Å². The van der Waals surface area contributed by atoms with Crippen molar-refractivity contribution < 1.29 is 16.8 Å². The van der Waals surface area contributed by atoms with Crippen LogP contribution in [0.1, 0.15) is 6.92 Å². The van der Waals surface area contributed by atoms with E-state index < -0.39 is 25.9 Å². The molecule has 0 aliphatic heterocycles. The number of anilines is 1. The van der Waals surface area contributed by atoms with Crippen molar-refractivity contribution >= 4 is 25.5 Å². The molecule has 0 radical (unpaired) electrons. The lowest BCUT2D eigenvalue weighted by Gasteiger charge is -2.15. The monoisotopic (exact) mass is 306 g/mol. The standard InChI is InChI=1S/C11H18N2O4S2/c1-9(8-18(3,14)15)13-19(16,17)11-7-5-4-6-10(11)12-2/h4-7,9,12-13H,8H2,1-3H3. The van der Waals surface area contributed by atoms with Gasteiger partial charge in [-0.2, -0.15) is 0 Å². The summed E-state index contributed by atoms with van der Waals surface area (Å²) in [5, 5.41) is 2.79. The molecule has 0 aliphatic carbocycles. The minimum absolute atomic E-state index is 0.0952. The molecule has 0 saturated heterocycles. The third-order valence-corrected chi connectivity index (χ3v) is 5.11. The van der Waals surface area contributed by atoms with Crippen molar-refractivity contribution in [2.75, 3.05) is 24.4 Å². The molecule has 19 heavy (non-hydrogen) atoms. The Kier molecular flexibility index (Phi) is 4.94. The molecule has 0 bridgehead atoms. The smallest absolute Gasteiger partial charge is 0.242 e. The highest BCUT2D eigenvalue weighted by atomic mass is 32.2. The maximum Gasteiger partial charge on any atom is 0.242 e. The van der Waals surface area contributed by atoms with Gasteiger partial charge in [-0.05, 0) is 19.1 Å². The van der Waals surface area contributed by atoms with E-state index >= 15 is 0 Å². The second kappa shape index (κ2) is 5.89. The number of hydrogen-bond acceptors (Lipinski definition) is 5. The second-order valence-corrected chi connectivity index (χ2v) is 8.23. The molecular weight excluding hydrogens is 288 g/mol. The molecule has 2 N–H and O–H groups in total. The molecule has 108 valence electrons. The summed E-state index contributed by atoms with van der Waals surface area (Å²) < 4.78 is 49.0. The lowest BCUT2D eigenvalue weighted by molar-refractivity contribution is 0.565. The van der Waals surface area contributed by atoms with Crippen molar-refractivity contribution in [1.82, 2.24) is 4.72 Å². The van der Waals surface area contributed by atoms with Gasteiger partial charge in [0.2, 0.25) is 10.0 Å². The first kappa shape index (κ1) is 15.9. The zero-order valence-electron chi connectivity index (χ0n) is 11.0. The average Bonchev–Trinajstić information content (AvgIpc) is 2.25. The summed E-state index contributed by atoms with van der Waals surface area (Å²) in [7, 11) is -5.37. The fourth-order valence-corrected chi connectivity index (χ4v) is 4.28. The van der Waals surface area contributed by atoms with Gasteiger partial charge in [0.1, 0.15) is 14.7 Å². The summed E-state index contributed by atoms with van der Waals surface area (Å²) in [6.45, 7) is 1.51. The molecule has 0 heterocycles. The molecule has 0 saturated carbocycles. The van der Waals surface area contributed by atoms with Crippen molar-refractivity contribution in [3.05, 3.63) is 24.3 Å². The normalized spacial score (nSPS) is 14.1. The van der Waals surface area contributed by atoms with Crippen LogP contribution < -0.4 is 10.0 Å². The summed E-state index contributed by atoms with van der Waals surface area (Å²) in [5.41, 5.74) is 0.460. The van der Waals surface area contributed by atoms with Crippen molar-refractivity contribution in [1.29, 1.82) is 0 Å². The molecule has 0 aromatic heterocycles. The summed E-state index contributed by atoms with van der Waals surface area (Å²) in [5.74, 6) is -0.242. The molecule has 1 aromatic rings. The van der Waals surface area contributed by atoms with E-state index in [-0.39, 0.29) is 10.6 Å². The van der Waals surface area contributed by atoms with Gasteiger partial charge in [0.25, 0.3) is 0 Å². The van der Waals surface area contributed by atoms with Crippen LogP contribution in [0.3, 0.4) is 0 Å². The molecule has 0 amide bonds. The Morgan fingerprint density at radius 3 is 2.26 bits per heavy atom. The quantitative estimate of drug-likeness (QED) is 0.795. The molecule has 6 nitrogen and oxygen atoms in total. The predicted octanol–water partition coefficient (Wildman–Crippen LogP) is 0.440. The van der Waals surface area contributed by atoms with Gasteiger partial charge < -0.3 is 5.32 Å². The van der Waals surface area contributed by atoms with Crippen LogP contribution in [0.2, 0.25) is 0 Å². The van der Waals surface area contributed by atoms with Crippen molar-refractivity contribution in [2.24, 2.45) is 0 Å². The molecule has 8 heteroatoms. The fraction of sp³-hybridized carbons (Fsp3) is 0.455. The van der Waals surface area contributed by atoms with Crippen LogP contribution in [0, 0.1) is 0 Å². The Morgan fingerprint density at radius 2 is 1.74 bits per heavy atom. The van der Waals surface area contributed by atoms with Gasteiger partial charge in [-0.3, -0.25) is 0 Å². The highest BCUT2D eigenvalue weighted by Gasteiger charge is 2.22. The number of sulfonamides is 1. The molecule has 0 spiro atoms. The molecule has 1 aromatic carbocycles. The lowest BCUT2D eigenvalue weighted by atomic mass is 10.3. The number of rotatable bonds is 6. The number of para-hydroxylation sites is 1. The number of nitrogens with one attached hydrogen (secondary N) is 2. The highest BCUT2D eigenvalue weighted by Crippen LogP contribution is 2.20. The van der Waals surface area contributed by atoms with Gasteiger partial charge in [-0.15, -0.1) is 0 Å². The van der Waals surface area contributed by atoms with Crippen LogP contribution in [0.5, 0.6) is 0 Å². The Labute approximate surface area is 114 Å². The van der Waals surface area contributed by atoms with Crippen LogP contribution in [0.25, 0.3) is 0 Å². The van der Waals surface area contributed by atoms with Gasteiger partial charge >= 0.3 is 0 Å². The number of sulfone groups is 1. The van der Waals surface area contributed by atoms with Crippen LogP contribution in [-0.4, -0.2) is 41.9 Å². The molecule has 0 aliphatic rings. The second-order valence-electron chi connectivity index (χ2n) is 4.36. The molecule has 1 unspecified atom stereocenters. The Bertz CT molecular complexity index is 638. The first-order chi connectivity index (χ1) is 8.65. The lowest BCUT2D eigenvalue weighted by Crippen LogP contribution is -2.37. The minimum atomic E-state index is -3.75. The molecule has 1 rings (SSSR count). The maximum atomic E-state index is 12.2. The van der Waals surface area contributed by atoms with Gasteiger partial charge in [-0.25, -0.2) is 21.6 Å². The molecule has 1 atom stereocenters. The van der Waals surface area contributed by atoms with Gasteiger partial charge in [-0.1, -0.05) is 12.1 Å². The van der Waals surface area contributed by atoms with E-state index in [0.29, 0.717) is 5.69 Å². The van der Waals surface area contributed by atoms with Crippen LogP contribution in [-0.2, 0) is 19.9 Å². The summed E-state index contributed by atoms with van der Waals surface area (Å²) in [6, 6.07) is 5.73. The van der Waals surface area contributed by atoms with Crippen molar-refractivity contribution in [2.45, 2.75) is 17.9 Å². The van der Waals surface area contributed by atoms with E-state index in [4.69, 9.17) is 0 Å². The van der Waals surface area contributed by atoms with E-state index in [2.05, 4.69) is 10.0 Å². The first-order valence-electron chi connectivity index (χ1n) is 5.62. The SMILES string of the molecule is CNc1ccccc1S(=O)(=O)NC(C)CS(C)(=O)=O. The van der Waals surface area contributed by atoms with Crippen LogP contribution >= 0.6 is 0 Å². The average molecular weight is 306 g/mol. The van der Waals surface area contributed by atoms with E-state index in [1.807, 2.05) is 0 Å². The summed E-state index contributed by atoms with van der Waals surface area (Å²) in [4.78, 5) is 0.0952. The zero-order valence-corrected chi connectivity index (χ0v) is 12.7. The van der Waals surface area contributed by atoms with Gasteiger partial charge in [0.15, 0.2) is 0 Å². The Hall–Kier alpha value is -1.12. The summed E-state index contributed by atoms with van der Waals surface area (Å²) >= 11 is 0. The molecule has 0 fully saturated rings. The zero-order chi connectivity index (χ0) is 14.7. The van der Waals surface area contributed by atoms with E-state index in [1.165, 1.54) is 13.0 Å². The maximum absolute atomic E-state index is 12.2. The summed E-state index contributed by atoms with van der Waals surface area (Å²) in [6.07, 6.45) is 1.07. The topological polar surface area (TPSA) is 92.3 Å². The fourth-order valence-electron chi connectivity index (χ4n) is 1.72. The van der Waals surface area contributed by atoms with Gasteiger partial charge in [0.05, 0.1) is 11.4 Å². The number of hydrogen-bond donors (Lipinski definition) is 2. The highest BCUT2D eigenvalue weighted by molar-refractivity contribution is 7.91. The van der Waals surface area contributed by atoms with Gasteiger partial charge in [0, 0.05) is 19.3 Å². The predicted molar refractivity (Wildman–Crippen MR) is 75.5 cm³/mol. The minimum Gasteiger partial charge on any atom is -0.387 e. The van der Waals surface area contributed by atoms with Crippen LogP contribution in [0.4, 0.5) is 5.69 Å². The Balaban J connectivity index is 2.99. The first-order valence-corrected chi connectivity index (χ1v) is 9.17. The van der Waals surface area contributed by atoms with Crippen molar-refractivity contribution in [3.63, 3.8) is 0 Å². The largest absolute Gasteiger partial charge is 0.387 e.